The lowest BCUT2D eigenvalue weighted by Gasteiger charge is -2.21. The Kier molecular flexibility index (Phi) is 5.10. The number of anilines is 2. The molecule has 2 aliphatic heterocycles. The van der Waals surface area contributed by atoms with Crippen molar-refractivity contribution in [2.75, 3.05) is 29.9 Å². The molecule has 2 aliphatic rings. The van der Waals surface area contributed by atoms with E-state index in [2.05, 4.69) is 16.3 Å². The maximum absolute atomic E-state index is 12.8. The summed E-state index contributed by atoms with van der Waals surface area (Å²) in [5.74, 6) is 0.0839. The topological polar surface area (TPSA) is 52.7 Å². The zero-order valence-corrected chi connectivity index (χ0v) is 15.5. The maximum Gasteiger partial charge on any atom is 0.255 e. The van der Waals surface area contributed by atoms with E-state index in [0.29, 0.717) is 18.5 Å². The van der Waals surface area contributed by atoms with Crippen LogP contribution in [0.3, 0.4) is 0 Å². The van der Waals surface area contributed by atoms with Gasteiger partial charge in [-0.15, -0.1) is 0 Å². The third kappa shape index (κ3) is 3.97. The van der Waals surface area contributed by atoms with Crippen LogP contribution in [0.4, 0.5) is 11.4 Å². The molecule has 5 nitrogen and oxygen atoms in total. The summed E-state index contributed by atoms with van der Waals surface area (Å²) < 4.78 is 0. The first-order valence-electron chi connectivity index (χ1n) is 9.73. The number of nitrogens with one attached hydrogen (secondary N) is 1. The quantitative estimate of drug-likeness (QED) is 0.882. The molecule has 140 valence electrons. The molecule has 0 aliphatic carbocycles. The van der Waals surface area contributed by atoms with Gasteiger partial charge in [0, 0.05) is 38.2 Å². The predicted molar refractivity (Wildman–Crippen MR) is 107 cm³/mol. The van der Waals surface area contributed by atoms with Crippen LogP contribution in [0.5, 0.6) is 0 Å². The Morgan fingerprint density at radius 2 is 1.78 bits per heavy atom. The Hall–Kier alpha value is -2.82. The Labute approximate surface area is 160 Å². The van der Waals surface area contributed by atoms with Gasteiger partial charge in [0.15, 0.2) is 0 Å². The highest BCUT2D eigenvalue weighted by Gasteiger charge is 2.21. The molecule has 0 unspecified atom stereocenters. The van der Waals surface area contributed by atoms with E-state index < -0.39 is 0 Å². The minimum atomic E-state index is -0.115. The van der Waals surface area contributed by atoms with Crippen molar-refractivity contribution in [3.05, 3.63) is 59.7 Å². The van der Waals surface area contributed by atoms with Crippen LogP contribution in [0.15, 0.2) is 48.5 Å². The summed E-state index contributed by atoms with van der Waals surface area (Å²) >= 11 is 0. The fourth-order valence-electron chi connectivity index (χ4n) is 3.91. The molecule has 27 heavy (non-hydrogen) atoms. The summed E-state index contributed by atoms with van der Waals surface area (Å²) in [6.07, 6.45) is 3.94. The lowest BCUT2D eigenvalue weighted by atomic mass is 10.1. The number of rotatable bonds is 5. The van der Waals surface area contributed by atoms with Gasteiger partial charge < -0.3 is 15.1 Å². The van der Waals surface area contributed by atoms with Gasteiger partial charge in [0.25, 0.3) is 5.91 Å². The molecule has 0 radical (unpaired) electrons. The average molecular weight is 363 g/mol. The van der Waals surface area contributed by atoms with E-state index in [1.807, 2.05) is 47.4 Å². The van der Waals surface area contributed by atoms with Crippen LogP contribution >= 0.6 is 0 Å². The van der Waals surface area contributed by atoms with Crippen molar-refractivity contribution in [1.82, 2.24) is 4.90 Å². The number of carbonyl (C=O) groups is 2. The van der Waals surface area contributed by atoms with Crippen molar-refractivity contribution in [1.29, 1.82) is 0 Å². The molecule has 0 atom stereocenters. The fraction of sp³-hybridized carbons (Fsp3) is 0.364. The Bertz CT molecular complexity index is 843. The molecule has 2 aromatic rings. The van der Waals surface area contributed by atoms with Crippen LogP contribution in [0, 0.1) is 0 Å². The Morgan fingerprint density at radius 1 is 0.963 bits per heavy atom. The highest BCUT2D eigenvalue weighted by molar-refractivity contribution is 6.06. The summed E-state index contributed by atoms with van der Waals surface area (Å²) in [5, 5.41) is 3.07. The molecular weight excluding hydrogens is 338 g/mol. The molecule has 5 heteroatoms. The Morgan fingerprint density at radius 3 is 2.56 bits per heavy atom. The van der Waals surface area contributed by atoms with Gasteiger partial charge in [-0.1, -0.05) is 24.3 Å². The fourth-order valence-corrected chi connectivity index (χ4v) is 3.91. The number of amides is 2. The summed E-state index contributed by atoms with van der Waals surface area (Å²) in [6.45, 7) is 3.45. The van der Waals surface area contributed by atoms with Crippen LogP contribution < -0.4 is 10.2 Å². The lowest BCUT2D eigenvalue weighted by molar-refractivity contribution is -0.128. The molecular formula is C22H25N3O2. The minimum absolute atomic E-state index is 0.115. The van der Waals surface area contributed by atoms with E-state index in [4.69, 9.17) is 0 Å². The molecule has 2 heterocycles. The van der Waals surface area contributed by atoms with Crippen LogP contribution in [-0.2, 0) is 11.3 Å². The summed E-state index contributed by atoms with van der Waals surface area (Å²) in [4.78, 5) is 28.9. The molecule has 2 aromatic carbocycles. The summed E-state index contributed by atoms with van der Waals surface area (Å²) in [5.41, 5.74) is 3.55. The Balaban J connectivity index is 1.49. The van der Waals surface area contributed by atoms with Crippen LogP contribution in [-0.4, -0.2) is 36.3 Å². The second-order valence-electron chi connectivity index (χ2n) is 7.28. The van der Waals surface area contributed by atoms with Gasteiger partial charge in [0.2, 0.25) is 5.91 Å². The zero-order chi connectivity index (χ0) is 18.6. The SMILES string of the molecule is O=C(Nc1ccccc1N1CCCC1)c1cccc(CN2CCCC2=O)c1. The minimum Gasteiger partial charge on any atom is -0.370 e. The molecule has 2 saturated heterocycles. The number of hydrogen-bond donors (Lipinski definition) is 1. The van der Waals surface area contributed by atoms with Crippen molar-refractivity contribution in [2.24, 2.45) is 0 Å². The van der Waals surface area contributed by atoms with E-state index >= 15 is 0 Å². The first-order valence-corrected chi connectivity index (χ1v) is 9.73. The van der Waals surface area contributed by atoms with Gasteiger partial charge in [0.1, 0.15) is 0 Å². The van der Waals surface area contributed by atoms with Crippen LogP contribution in [0.25, 0.3) is 0 Å². The number of carbonyl (C=O) groups excluding carboxylic acids is 2. The second-order valence-corrected chi connectivity index (χ2v) is 7.28. The molecule has 1 N–H and O–H groups in total. The zero-order valence-electron chi connectivity index (χ0n) is 15.5. The van der Waals surface area contributed by atoms with E-state index in [0.717, 1.165) is 43.0 Å². The highest BCUT2D eigenvalue weighted by Crippen LogP contribution is 2.29. The van der Waals surface area contributed by atoms with Gasteiger partial charge in [-0.3, -0.25) is 9.59 Å². The predicted octanol–water partition coefficient (Wildman–Crippen LogP) is 3.66. The van der Waals surface area contributed by atoms with E-state index in [9.17, 15) is 9.59 Å². The third-order valence-electron chi connectivity index (χ3n) is 5.33. The van der Waals surface area contributed by atoms with Crippen molar-refractivity contribution in [2.45, 2.75) is 32.2 Å². The number of likely N-dealkylation sites (tertiary alicyclic amines) is 1. The van der Waals surface area contributed by atoms with Gasteiger partial charge in [-0.05, 0) is 49.1 Å². The molecule has 0 saturated carbocycles. The van der Waals surface area contributed by atoms with Crippen molar-refractivity contribution in [3.63, 3.8) is 0 Å². The molecule has 4 rings (SSSR count). The average Bonchev–Trinajstić information content (AvgIpc) is 3.35. The lowest BCUT2D eigenvalue weighted by Crippen LogP contribution is -2.24. The van der Waals surface area contributed by atoms with Crippen LogP contribution in [0.2, 0.25) is 0 Å². The molecule has 2 amide bonds. The van der Waals surface area contributed by atoms with E-state index in [-0.39, 0.29) is 11.8 Å². The van der Waals surface area contributed by atoms with Gasteiger partial charge >= 0.3 is 0 Å². The molecule has 0 aromatic heterocycles. The second kappa shape index (κ2) is 7.82. The monoisotopic (exact) mass is 363 g/mol. The largest absolute Gasteiger partial charge is 0.370 e. The number of hydrogen-bond acceptors (Lipinski definition) is 3. The smallest absolute Gasteiger partial charge is 0.255 e. The number of nitrogens with zero attached hydrogens (tertiary/aromatic N) is 2. The number of benzene rings is 2. The van der Waals surface area contributed by atoms with Gasteiger partial charge in [-0.2, -0.15) is 0 Å². The standard InChI is InChI=1S/C22H25N3O2/c26-21-11-6-14-25(21)16-17-7-5-8-18(15-17)22(27)23-19-9-1-2-10-20(19)24-12-3-4-13-24/h1-2,5,7-10,15H,3-4,6,11-14,16H2,(H,23,27). The van der Waals surface area contributed by atoms with Crippen molar-refractivity contribution < 1.29 is 9.59 Å². The molecule has 0 spiro atoms. The highest BCUT2D eigenvalue weighted by atomic mass is 16.2. The third-order valence-corrected chi connectivity index (χ3v) is 5.33. The maximum atomic E-state index is 12.8. The van der Waals surface area contributed by atoms with Crippen molar-refractivity contribution in [3.8, 4) is 0 Å². The van der Waals surface area contributed by atoms with Gasteiger partial charge in [0.05, 0.1) is 11.4 Å². The summed E-state index contributed by atoms with van der Waals surface area (Å²) in [7, 11) is 0. The molecule has 2 fully saturated rings. The first kappa shape index (κ1) is 17.6. The number of para-hydroxylation sites is 2. The van der Waals surface area contributed by atoms with Crippen LogP contribution in [0.1, 0.15) is 41.6 Å². The van der Waals surface area contributed by atoms with Gasteiger partial charge in [-0.25, -0.2) is 0 Å². The first-order chi connectivity index (χ1) is 13.2. The van der Waals surface area contributed by atoms with E-state index in [1.54, 1.807) is 0 Å². The molecule has 0 bridgehead atoms. The van der Waals surface area contributed by atoms with E-state index in [1.165, 1.54) is 12.8 Å². The normalized spacial score (nSPS) is 16.8. The van der Waals surface area contributed by atoms with Crippen molar-refractivity contribution >= 4 is 23.2 Å². The summed E-state index contributed by atoms with van der Waals surface area (Å²) in [6, 6.07) is 15.6.